The van der Waals surface area contributed by atoms with E-state index in [4.69, 9.17) is 0 Å². The number of nitrogens with one attached hydrogen (secondary N) is 1. The molecule has 16 heavy (non-hydrogen) atoms. The molecule has 2 unspecified atom stereocenters. The molecule has 0 saturated carbocycles. The summed E-state index contributed by atoms with van der Waals surface area (Å²) in [5, 5.41) is 9.95. The number of halogens is 1. The van der Waals surface area contributed by atoms with E-state index in [2.05, 4.69) is 44.6 Å². The second kappa shape index (κ2) is 5.61. The van der Waals surface area contributed by atoms with Crippen molar-refractivity contribution in [2.75, 3.05) is 0 Å². The molecule has 1 aliphatic rings. The first kappa shape index (κ1) is 11.8. The highest BCUT2D eigenvalue weighted by Crippen LogP contribution is 2.27. The lowest BCUT2D eigenvalue weighted by molar-refractivity contribution is 0.205. The first-order valence-corrected chi connectivity index (χ1v) is 6.35. The summed E-state index contributed by atoms with van der Waals surface area (Å²) >= 11 is 2.14. The Morgan fingerprint density at radius 3 is 2.69 bits per heavy atom. The van der Waals surface area contributed by atoms with Crippen molar-refractivity contribution < 1.29 is 5.11 Å². The molecule has 1 aromatic rings. The Labute approximate surface area is 110 Å². The van der Waals surface area contributed by atoms with Crippen LogP contribution in [-0.2, 0) is 6.54 Å². The van der Waals surface area contributed by atoms with Crippen molar-refractivity contribution in [3.8, 4) is 0 Å². The molecular weight excluding hydrogens is 313 g/mol. The van der Waals surface area contributed by atoms with Crippen LogP contribution in [-0.4, -0.2) is 11.2 Å². The first-order chi connectivity index (χ1) is 7.83. The molecule has 0 aromatic heterocycles. The highest BCUT2D eigenvalue weighted by atomic mass is 127. The Kier molecular flexibility index (Phi) is 4.15. The molecule has 1 aliphatic carbocycles. The Morgan fingerprint density at radius 2 is 1.94 bits per heavy atom. The summed E-state index contributed by atoms with van der Waals surface area (Å²) in [6, 6.07) is 8.23. The number of rotatable bonds is 3. The van der Waals surface area contributed by atoms with Gasteiger partial charge in [0.15, 0.2) is 0 Å². The van der Waals surface area contributed by atoms with E-state index >= 15 is 0 Å². The van der Waals surface area contributed by atoms with Gasteiger partial charge >= 0.3 is 0 Å². The molecule has 0 radical (unpaired) electrons. The van der Waals surface area contributed by atoms with Crippen LogP contribution in [0.1, 0.15) is 17.0 Å². The standard InChI is InChI=1S/C13H14INO/c14-15-9-10-5-1-2-6-11(10)12-7-3-4-8-13(12)16/h1-8,12-13,15-16H,9H2. The zero-order chi connectivity index (χ0) is 11.4. The number of allylic oxidation sites excluding steroid dienone is 2. The Hall–Kier alpha value is -0.650. The fourth-order valence-corrected chi connectivity index (χ4v) is 2.39. The second-order valence-electron chi connectivity index (χ2n) is 3.80. The van der Waals surface area contributed by atoms with Gasteiger partial charge in [-0.1, -0.05) is 48.6 Å². The van der Waals surface area contributed by atoms with E-state index in [1.54, 1.807) is 0 Å². The van der Waals surface area contributed by atoms with Crippen LogP contribution < -0.4 is 3.53 Å². The average molecular weight is 327 g/mol. The largest absolute Gasteiger partial charge is 0.388 e. The van der Waals surface area contributed by atoms with E-state index in [0.717, 1.165) is 6.54 Å². The number of aliphatic hydroxyl groups is 1. The maximum absolute atomic E-state index is 9.95. The van der Waals surface area contributed by atoms with Crippen LogP contribution in [0.4, 0.5) is 0 Å². The molecule has 3 heteroatoms. The number of aliphatic hydroxyl groups excluding tert-OH is 1. The van der Waals surface area contributed by atoms with Crippen molar-refractivity contribution in [2.45, 2.75) is 18.6 Å². The molecule has 84 valence electrons. The first-order valence-electron chi connectivity index (χ1n) is 5.27. The van der Waals surface area contributed by atoms with E-state index in [1.807, 2.05) is 30.4 Å². The second-order valence-corrected chi connectivity index (χ2v) is 4.56. The van der Waals surface area contributed by atoms with Gasteiger partial charge in [-0.25, -0.2) is 0 Å². The molecule has 0 fully saturated rings. The van der Waals surface area contributed by atoms with E-state index in [-0.39, 0.29) is 5.92 Å². The lowest BCUT2D eigenvalue weighted by atomic mass is 9.87. The van der Waals surface area contributed by atoms with Crippen LogP contribution in [0.15, 0.2) is 48.6 Å². The van der Waals surface area contributed by atoms with Gasteiger partial charge in [0.05, 0.1) is 6.10 Å². The normalized spacial score (nSPS) is 23.6. The van der Waals surface area contributed by atoms with Gasteiger partial charge < -0.3 is 5.11 Å². The quantitative estimate of drug-likeness (QED) is 0.661. The summed E-state index contributed by atoms with van der Waals surface area (Å²) in [5.41, 5.74) is 2.43. The summed E-state index contributed by atoms with van der Waals surface area (Å²) in [6.07, 6.45) is 7.35. The van der Waals surface area contributed by atoms with Gasteiger partial charge in [-0.2, -0.15) is 0 Å². The van der Waals surface area contributed by atoms with Gasteiger partial charge in [0.2, 0.25) is 0 Å². The lowest BCUT2D eigenvalue weighted by Gasteiger charge is -2.22. The molecule has 0 amide bonds. The van der Waals surface area contributed by atoms with Crippen molar-refractivity contribution in [3.63, 3.8) is 0 Å². The van der Waals surface area contributed by atoms with Gasteiger partial charge in [0, 0.05) is 35.3 Å². The Balaban J connectivity index is 2.32. The molecule has 0 heterocycles. The maximum Gasteiger partial charge on any atom is 0.0827 e. The fraction of sp³-hybridized carbons (Fsp3) is 0.231. The predicted octanol–water partition coefficient (Wildman–Crippen LogP) is 2.70. The van der Waals surface area contributed by atoms with Crippen LogP contribution in [0.2, 0.25) is 0 Å². The van der Waals surface area contributed by atoms with Crippen LogP contribution in [0.5, 0.6) is 0 Å². The molecule has 2 nitrogen and oxygen atoms in total. The molecule has 2 atom stereocenters. The zero-order valence-electron chi connectivity index (χ0n) is 8.81. The SMILES string of the molecule is OC1C=CC=CC1c1ccccc1CNI. The fourth-order valence-electron chi connectivity index (χ4n) is 1.98. The predicted molar refractivity (Wildman–Crippen MR) is 74.3 cm³/mol. The van der Waals surface area contributed by atoms with Gasteiger partial charge in [-0.05, 0) is 11.1 Å². The molecule has 2 N–H and O–H groups in total. The number of hydrogen-bond acceptors (Lipinski definition) is 2. The molecule has 0 spiro atoms. The van der Waals surface area contributed by atoms with Gasteiger partial charge in [-0.15, -0.1) is 0 Å². The summed E-state index contributed by atoms with van der Waals surface area (Å²) < 4.78 is 3.12. The van der Waals surface area contributed by atoms with Gasteiger partial charge in [-0.3, -0.25) is 3.53 Å². The zero-order valence-corrected chi connectivity index (χ0v) is 11.0. The molecule has 0 bridgehead atoms. The van der Waals surface area contributed by atoms with E-state index in [9.17, 15) is 5.11 Å². The summed E-state index contributed by atoms with van der Waals surface area (Å²) in [5.74, 6) is 0.0750. The monoisotopic (exact) mass is 327 g/mol. The summed E-state index contributed by atoms with van der Waals surface area (Å²) in [7, 11) is 0. The van der Waals surface area contributed by atoms with Crippen LogP contribution in [0.3, 0.4) is 0 Å². The van der Waals surface area contributed by atoms with Crippen molar-refractivity contribution >= 4 is 22.9 Å². The summed E-state index contributed by atoms with van der Waals surface area (Å²) in [6.45, 7) is 0.817. The third kappa shape index (κ3) is 2.53. The third-order valence-corrected chi connectivity index (χ3v) is 3.16. The van der Waals surface area contributed by atoms with Crippen molar-refractivity contribution in [2.24, 2.45) is 0 Å². The summed E-state index contributed by atoms with van der Waals surface area (Å²) in [4.78, 5) is 0. The topological polar surface area (TPSA) is 32.3 Å². The Morgan fingerprint density at radius 1 is 1.19 bits per heavy atom. The minimum absolute atomic E-state index is 0.0750. The molecular formula is C13H14INO. The van der Waals surface area contributed by atoms with Crippen molar-refractivity contribution in [3.05, 3.63) is 59.7 Å². The number of benzene rings is 1. The average Bonchev–Trinajstić information content (AvgIpc) is 2.31. The smallest absolute Gasteiger partial charge is 0.0827 e. The third-order valence-electron chi connectivity index (χ3n) is 2.78. The van der Waals surface area contributed by atoms with E-state index in [0.29, 0.717) is 0 Å². The van der Waals surface area contributed by atoms with E-state index < -0.39 is 6.10 Å². The van der Waals surface area contributed by atoms with Gasteiger partial charge in [0.1, 0.15) is 0 Å². The molecule has 1 aromatic carbocycles. The molecule has 0 saturated heterocycles. The maximum atomic E-state index is 9.95. The molecule has 2 rings (SSSR count). The van der Waals surface area contributed by atoms with E-state index in [1.165, 1.54) is 11.1 Å². The molecule has 0 aliphatic heterocycles. The van der Waals surface area contributed by atoms with Crippen molar-refractivity contribution in [1.82, 2.24) is 3.53 Å². The highest BCUT2D eigenvalue weighted by molar-refractivity contribution is 14.1. The van der Waals surface area contributed by atoms with Crippen LogP contribution in [0, 0.1) is 0 Å². The van der Waals surface area contributed by atoms with Crippen molar-refractivity contribution in [1.29, 1.82) is 0 Å². The van der Waals surface area contributed by atoms with Gasteiger partial charge in [0.25, 0.3) is 0 Å². The highest BCUT2D eigenvalue weighted by Gasteiger charge is 2.19. The van der Waals surface area contributed by atoms with Crippen LogP contribution >= 0.6 is 22.9 Å². The number of hydrogen-bond donors (Lipinski definition) is 2. The Bertz CT molecular complexity index is 414. The minimum Gasteiger partial charge on any atom is -0.388 e. The lowest BCUT2D eigenvalue weighted by Crippen LogP contribution is -2.18. The minimum atomic E-state index is -0.416. The van der Waals surface area contributed by atoms with Crippen LogP contribution in [0.25, 0.3) is 0 Å².